The molecule has 2 heteroatoms. The molecule has 0 amide bonds. The van der Waals surface area contributed by atoms with Gasteiger partial charge in [-0.3, -0.25) is 0 Å². The first-order valence-corrected chi connectivity index (χ1v) is 11.1. The van der Waals surface area contributed by atoms with Crippen LogP contribution in [-0.2, 0) is 0 Å². The first-order valence-electron chi connectivity index (χ1n) is 6.46. The fraction of sp³-hybridized carbons (Fsp3) is 0.571. The zero-order valence-corrected chi connectivity index (χ0v) is 13.6. The Balaban J connectivity index is 2.97. The van der Waals surface area contributed by atoms with E-state index in [9.17, 15) is 0 Å². The van der Waals surface area contributed by atoms with Crippen LogP contribution >= 0.6 is 0 Å². The third-order valence-electron chi connectivity index (χ3n) is 3.13. The van der Waals surface area contributed by atoms with Crippen molar-refractivity contribution < 1.29 is 0 Å². The van der Waals surface area contributed by atoms with Crippen LogP contribution < -0.4 is 9.02 Å². The molecule has 1 aromatic rings. The van der Waals surface area contributed by atoms with Gasteiger partial charge < -0.3 is 0 Å². The molecule has 0 aromatic heterocycles. The summed E-state index contributed by atoms with van der Waals surface area (Å²) in [5, 5.41) is 0. The van der Waals surface area contributed by atoms with E-state index in [0.29, 0.717) is 0 Å². The number of rotatable bonds is 6. The Bertz CT molecular complexity index is 303. The van der Waals surface area contributed by atoms with Crippen molar-refractivity contribution in [2.75, 3.05) is 19.0 Å². The monoisotopic (exact) mass is 275 g/mol. The second-order valence-corrected chi connectivity index (χ2v) is 11.4. The molecule has 16 heavy (non-hydrogen) atoms. The molecule has 0 saturated heterocycles. The molecular weight excluding hydrogens is 252 g/mol. The van der Waals surface area contributed by atoms with Gasteiger partial charge in [-0.1, -0.05) is 0 Å². The van der Waals surface area contributed by atoms with Crippen LogP contribution in [0.4, 0.5) is 5.69 Å². The summed E-state index contributed by atoms with van der Waals surface area (Å²) in [7, 11) is 4.33. The van der Waals surface area contributed by atoms with E-state index in [0.717, 1.165) is 0 Å². The van der Waals surface area contributed by atoms with Crippen molar-refractivity contribution in [2.45, 2.75) is 36.6 Å². The van der Waals surface area contributed by atoms with Crippen LogP contribution in [0.2, 0.25) is 9.95 Å². The molecule has 0 aliphatic rings. The molecule has 1 aromatic carbocycles. The zero-order valence-electron chi connectivity index (χ0n) is 11.2. The van der Waals surface area contributed by atoms with Gasteiger partial charge in [0.15, 0.2) is 0 Å². The van der Waals surface area contributed by atoms with Crippen LogP contribution in [-0.4, -0.2) is 30.3 Å². The second kappa shape index (κ2) is 7.07. The van der Waals surface area contributed by atoms with Crippen molar-refractivity contribution >= 4 is 26.0 Å². The molecule has 0 fully saturated rings. The average Bonchev–Trinajstić information content (AvgIpc) is 2.29. The average molecular weight is 276 g/mol. The maximum absolute atomic E-state index is 2.38. The number of benzene rings is 1. The van der Waals surface area contributed by atoms with Crippen LogP contribution in [0.15, 0.2) is 24.3 Å². The van der Waals surface area contributed by atoms with Gasteiger partial charge in [-0.05, 0) is 0 Å². The number of anilines is 1. The Hall–Kier alpha value is -0.344. The summed E-state index contributed by atoms with van der Waals surface area (Å²) >= 11 is -1.24. The molecule has 0 spiro atoms. The van der Waals surface area contributed by atoms with E-state index < -0.39 is 16.2 Å². The molecule has 0 radical (unpaired) electrons. The van der Waals surface area contributed by atoms with Gasteiger partial charge in [-0.15, -0.1) is 0 Å². The molecule has 0 heterocycles. The normalized spacial score (nSPS) is 10.2. The molecule has 1 rings (SSSR count). The van der Waals surface area contributed by atoms with Crippen molar-refractivity contribution in [1.82, 2.24) is 0 Å². The van der Waals surface area contributed by atoms with Crippen molar-refractivity contribution in [3.8, 4) is 0 Å². The van der Waals surface area contributed by atoms with E-state index in [1.807, 2.05) is 0 Å². The van der Waals surface area contributed by atoms with E-state index in [-0.39, 0.29) is 0 Å². The fourth-order valence-corrected chi connectivity index (χ4v) is 9.65. The van der Waals surface area contributed by atoms with Crippen LogP contribution in [0.25, 0.3) is 0 Å². The van der Waals surface area contributed by atoms with Gasteiger partial charge in [0, 0.05) is 0 Å². The van der Waals surface area contributed by atoms with E-state index in [2.05, 4.69) is 57.1 Å². The van der Waals surface area contributed by atoms with Gasteiger partial charge in [-0.25, -0.2) is 0 Å². The van der Waals surface area contributed by atoms with E-state index in [1.165, 1.54) is 28.5 Å². The SMILES string of the molecule is CC[CH2][Ga]([CH2]CC)[c]1ccccc1N(C)C. The summed E-state index contributed by atoms with van der Waals surface area (Å²) < 4.78 is 1.71. The van der Waals surface area contributed by atoms with Crippen molar-refractivity contribution in [2.24, 2.45) is 0 Å². The summed E-state index contributed by atoms with van der Waals surface area (Å²) in [5.74, 6) is 0. The molecule has 0 bridgehead atoms. The van der Waals surface area contributed by atoms with Gasteiger partial charge in [0.2, 0.25) is 0 Å². The summed E-state index contributed by atoms with van der Waals surface area (Å²) in [5.41, 5.74) is 1.47. The Morgan fingerprint density at radius 2 is 1.56 bits per heavy atom. The fourth-order valence-electron chi connectivity index (χ4n) is 2.39. The minimum absolute atomic E-state index is 1.24. The Labute approximate surface area is 106 Å². The molecule has 1 nitrogen and oxygen atoms in total. The Kier molecular flexibility index (Phi) is 6.07. The molecule has 0 N–H and O–H groups in total. The van der Waals surface area contributed by atoms with Gasteiger partial charge in [0.05, 0.1) is 0 Å². The van der Waals surface area contributed by atoms with Gasteiger partial charge in [-0.2, -0.15) is 0 Å². The van der Waals surface area contributed by atoms with E-state index >= 15 is 0 Å². The molecular formula is C14H24GaN. The summed E-state index contributed by atoms with van der Waals surface area (Å²) in [6.45, 7) is 4.65. The molecule has 0 aliphatic heterocycles. The van der Waals surface area contributed by atoms with Crippen LogP contribution in [0.5, 0.6) is 0 Å². The molecule has 88 valence electrons. The van der Waals surface area contributed by atoms with E-state index in [1.54, 1.807) is 4.12 Å². The predicted octanol–water partition coefficient (Wildman–Crippen LogP) is 3.27. The zero-order chi connectivity index (χ0) is 12.0. The third-order valence-corrected chi connectivity index (χ3v) is 11.3. The Morgan fingerprint density at radius 3 is 2.06 bits per heavy atom. The van der Waals surface area contributed by atoms with Crippen molar-refractivity contribution in [3.63, 3.8) is 0 Å². The van der Waals surface area contributed by atoms with E-state index in [4.69, 9.17) is 0 Å². The van der Waals surface area contributed by atoms with Crippen LogP contribution in [0.3, 0.4) is 0 Å². The first kappa shape index (κ1) is 13.7. The summed E-state index contributed by atoms with van der Waals surface area (Å²) in [6.07, 6.45) is 2.71. The summed E-state index contributed by atoms with van der Waals surface area (Å²) in [6, 6.07) is 9.03. The number of nitrogens with zero attached hydrogens (tertiary/aromatic N) is 1. The molecule has 0 saturated carbocycles. The number of hydrogen-bond acceptors (Lipinski definition) is 1. The predicted molar refractivity (Wildman–Crippen MR) is 76.4 cm³/mol. The summed E-state index contributed by atoms with van der Waals surface area (Å²) in [4.78, 5) is 5.26. The maximum atomic E-state index is 2.38. The molecule has 0 unspecified atom stereocenters. The Morgan fingerprint density at radius 1 is 1.00 bits per heavy atom. The molecule has 0 atom stereocenters. The van der Waals surface area contributed by atoms with Crippen molar-refractivity contribution in [3.05, 3.63) is 24.3 Å². The standard InChI is InChI=1S/C8H10N.2C3H7.Ga/c1-9(2)8-6-4-3-5-7-8;2*1-3-2;/h3-6H,1-2H3;2*1,3H2,2H3;. The number of hydrogen-bond donors (Lipinski definition) is 0. The second-order valence-electron chi connectivity index (χ2n) is 4.73. The first-order chi connectivity index (χ1) is 7.70. The van der Waals surface area contributed by atoms with Crippen LogP contribution in [0.1, 0.15) is 26.7 Å². The third kappa shape index (κ3) is 3.60. The van der Waals surface area contributed by atoms with Crippen molar-refractivity contribution in [1.29, 1.82) is 0 Å². The number of para-hydroxylation sites is 1. The van der Waals surface area contributed by atoms with Gasteiger partial charge in [0.1, 0.15) is 0 Å². The topological polar surface area (TPSA) is 3.24 Å². The van der Waals surface area contributed by atoms with Crippen LogP contribution in [0, 0.1) is 0 Å². The molecule has 0 aliphatic carbocycles. The van der Waals surface area contributed by atoms with Gasteiger partial charge >= 0.3 is 106 Å². The quantitative estimate of drug-likeness (QED) is 0.721. The van der Waals surface area contributed by atoms with Gasteiger partial charge in [0.25, 0.3) is 0 Å². The minimum atomic E-state index is -1.24.